The van der Waals surface area contributed by atoms with Gasteiger partial charge in [0.15, 0.2) is 14.6 Å². The van der Waals surface area contributed by atoms with E-state index >= 15 is 0 Å². The molecular weight excluding hydrogens is 408 g/mol. The third-order valence-corrected chi connectivity index (χ3v) is 8.77. The Morgan fingerprint density at radius 2 is 1.66 bits per heavy atom. The Balaban J connectivity index is 1.51. The van der Waals surface area contributed by atoms with Crippen LogP contribution in [0.5, 0.6) is 0 Å². The van der Waals surface area contributed by atoms with Gasteiger partial charge in [0.2, 0.25) is 5.91 Å². The van der Waals surface area contributed by atoms with Gasteiger partial charge >= 0.3 is 0 Å². The molecule has 1 saturated carbocycles. The summed E-state index contributed by atoms with van der Waals surface area (Å²) in [7, 11) is -3.74. The number of carbonyl (C=O) groups is 1. The van der Waals surface area contributed by atoms with Crippen molar-refractivity contribution in [3.63, 3.8) is 0 Å². The Labute approximate surface area is 177 Å². The standard InChI is InChI=1S/C22H25ClN2O3S/c1-16-3-7-19(8-4-16)25-14-13-24(15-17(25)2)21(26)22(11-12-22)29(27,28)20-9-5-18(23)6-10-20/h3-10,17H,11-15H2,1-2H3. The number of aryl methyl sites for hydroxylation is 1. The van der Waals surface area contributed by atoms with Crippen LogP contribution in [0.15, 0.2) is 53.4 Å². The quantitative estimate of drug-likeness (QED) is 0.739. The van der Waals surface area contributed by atoms with Crippen molar-refractivity contribution in [1.29, 1.82) is 0 Å². The van der Waals surface area contributed by atoms with Gasteiger partial charge in [0.1, 0.15) is 0 Å². The number of piperazine rings is 1. The van der Waals surface area contributed by atoms with Crippen molar-refractivity contribution in [1.82, 2.24) is 4.90 Å². The SMILES string of the molecule is Cc1ccc(N2CCN(C(=O)C3(S(=O)(=O)c4ccc(Cl)cc4)CC3)CC2C)cc1. The van der Waals surface area contributed by atoms with Crippen LogP contribution in [-0.2, 0) is 14.6 Å². The van der Waals surface area contributed by atoms with Crippen molar-refractivity contribution < 1.29 is 13.2 Å². The van der Waals surface area contributed by atoms with Crippen LogP contribution in [0, 0.1) is 6.92 Å². The second-order valence-electron chi connectivity index (χ2n) is 8.08. The maximum atomic E-state index is 13.3. The first-order chi connectivity index (χ1) is 13.7. The van der Waals surface area contributed by atoms with Gasteiger partial charge in [-0.2, -0.15) is 0 Å². The minimum Gasteiger partial charge on any atom is -0.365 e. The molecule has 1 saturated heterocycles. The summed E-state index contributed by atoms with van der Waals surface area (Å²) in [5.74, 6) is -0.261. The summed E-state index contributed by atoms with van der Waals surface area (Å²) >= 11 is 5.89. The van der Waals surface area contributed by atoms with Gasteiger partial charge in [-0.05, 0) is 63.1 Å². The Kier molecular flexibility index (Phi) is 5.11. The van der Waals surface area contributed by atoms with Crippen molar-refractivity contribution in [3.8, 4) is 0 Å². The number of halogens is 1. The van der Waals surface area contributed by atoms with Crippen LogP contribution in [0.25, 0.3) is 0 Å². The number of benzene rings is 2. The van der Waals surface area contributed by atoms with Gasteiger partial charge < -0.3 is 9.80 Å². The maximum Gasteiger partial charge on any atom is 0.244 e. The highest BCUT2D eigenvalue weighted by Crippen LogP contribution is 2.48. The fraction of sp³-hybridized carbons (Fsp3) is 0.409. The van der Waals surface area contributed by atoms with Crippen LogP contribution < -0.4 is 4.90 Å². The lowest BCUT2D eigenvalue weighted by Gasteiger charge is -2.42. The molecule has 1 amide bonds. The second-order valence-corrected chi connectivity index (χ2v) is 10.8. The first-order valence-electron chi connectivity index (χ1n) is 9.87. The summed E-state index contributed by atoms with van der Waals surface area (Å²) in [5.41, 5.74) is 2.34. The molecule has 154 valence electrons. The molecule has 2 fully saturated rings. The van der Waals surface area contributed by atoms with E-state index < -0.39 is 14.6 Å². The molecule has 2 aromatic rings. The Morgan fingerprint density at radius 1 is 1.03 bits per heavy atom. The van der Waals surface area contributed by atoms with Crippen molar-refractivity contribution in [2.24, 2.45) is 0 Å². The molecule has 0 spiro atoms. The molecule has 1 aliphatic heterocycles. The summed E-state index contributed by atoms with van der Waals surface area (Å²) in [6, 6.07) is 14.5. The number of hydrogen-bond acceptors (Lipinski definition) is 4. The van der Waals surface area contributed by atoms with Crippen LogP contribution in [-0.4, -0.2) is 49.6 Å². The van der Waals surface area contributed by atoms with E-state index in [-0.39, 0.29) is 16.8 Å². The third-order valence-electron chi connectivity index (χ3n) is 6.01. The Bertz CT molecular complexity index is 1020. The van der Waals surface area contributed by atoms with Gasteiger partial charge in [-0.15, -0.1) is 0 Å². The predicted octanol–water partition coefficient (Wildman–Crippen LogP) is 3.69. The Hall–Kier alpha value is -2.05. The van der Waals surface area contributed by atoms with Gasteiger partial charge in [0, 0.05) is 36.4 Å². The van der Waals surface area contributed by atoms with Crippen LogP contribution >= 0.6 is 11.6 Å². The van der Waals surface area contributed by atoms with E-state index in [1.54, 1.807) is 17.0 Å². The van der Waals surface area contributed by atoms with E-state index in [9.17, 15) is 13.2 Å². The van der Waals surface area contributed by atoms with E-state index in [4.69, 9.17) is 11.6 Å². The molecule has 4 rings (SSSR count). The summed E-state index contributed by atoms with van der Waals surface area (Å²) in [6.45, 7) is 5.86. The highest BCUT2D eigenvalue weighted by Gasteiger charge is 2.62. The summed E-state index contributed by atoms with van der Waals surface area (Å²) < 4.78 is 25.1. The fourth-order valence-electron chi connectivity index (χ4n) is 4.10. The number of anilines is 1. The highest BCUT2D eigenvalue weighted by molar-refractivity contribution is 7.94. The van der Waals surface area contributed by atoms with Crippen LogP contribution in [0.4, 0.5) is 5.69 Å². The lowest BCUT2D eigenvalue weighted by Crippen LogP contribution is -2.57. The van der Waals surface area contributed by atoms with Crippen molar-refractivity contribution in [3.05, 3.63) is 59.1 Å². The first-order valence-corrected chi connectivity index (χ1v) is 11.7. The van der Waals surface area contributed by atoms with Crippen LogP contribution in [0.2, 0.25) is 5.02 Å². The largest absolute Gasteiger partial charge is 0.365 e. The molecule has 2 aromatic carbocycles. The van der Waals surface area contributed by atoms with Crippen molar-refractivity contribution in [2.75, 3.05) is 24.5 Å². The highest BCUT2D eigenvalue weighted by atomic mass is 35.5. The molecule has 1 atom stereocenters. The summed E-state index contributed by atoms with van der Waals surface area (Å²) in [6.07, 6.45) is 0.757. The minimum atomic E-state index is -3.74. The van der Waals surface area contributed by atoms with Gasteiger partial charge in [-0.1, -0.05) is 29.3 Å². The van der Waals surface area contributed by atoms with E-state index in [0.717, 1.165) is 5.69 Å². The van der Waals surface area contributed by atoms with Gasteiger partial charge in [0.25, 0.3) is 0 Å². The third kappa shape index (κ3) is 3.53. The molecule has 0 radical (unpaired) electrons. The second kappa shape index (κ2) is 7.33. The number of nitrogens with zero attached hydrogens (tertiary/aromatic N) is 2. The zero-order valence-corrected chi connectivity index (χ0v) is 18.2. The molecule has 1 aliphatic carbocycles. The molecule has 1 unspecified atom stereocenters. The lowest BCUT2D eigenvalue weighted by molar-refractivity contribution is -0.132. The first kappa shape index (κ1) is 20.2. The minimum absolute atomic E-state index is 0.115. The van der Waals surface area contributed by atoms with Crippen LogP contribution in [0.1, 0.15) is 25.3 Å². The average Bonchev–Trinajstić information content (AvgIpc) is 3.51. The van der Waals surface area contributed by atoms with Crippen molar-refractivity contribution >= 4 is 33.0 Å². The number of hydrogen-bond donors (Lipinski definition) is 0. The molecule has 0 bridgehead atoms. The molecule has 0 N–H and O–H groups in total. The smallest absolute Gasteiger partial charge is 0.244 e. The van der Waals surface area contributed by atoms with Gasteiger partial charge in [-0.25, -0.2) is 8.42 Å². The molecular formula is C22H25ClN2O3S. The topological polar surface area (TPSA) is 57.7 Å². The molecule has 7 heteroatoms. The summed E-state index contributed by atoms with van der Waals surface area (Å²) in [4.78, 5) is 17.5. The Morgan fingerprint density at radius 3 is 2.21 bits per heavy atom. The van der Waals surface area contributed by atoms with E-state index in [1.807, 2.05) is 0 Å². The van der Waals surface area contributed by atoms with Crippen LogP contribution in [0.3, 0.4) is 0 Å². The molecule has 5 nitrogen and oxygen atoms in total. The maximum absolute atomic E-state index is 13.3. The van der Waals surface area contributed by atoms with Gasteiger partial charge in [0.05, 0.1) is 4.90 Å². The number of sulfone groups is 1. The number of carbonyl (C=O) groups excluding carboxylic acids is 1. The summed E-state index contributed by atoms with van der Waals surface area (Å²) in [5, 5.41) is 0.473. The average molecular weight is 433 g/mol. The molecule has 1 heterocycles. The lowest BCUT2D eigenvalue weighted by atomic mass is 10.1. The zero-order chi connectivity index (χ0) is 20.8. The van der Waals surface area contributed by atoms with E-state index in [0.29, 0.717) is 37.5 Å². The zero-order valence-electron chi connectivity index (χ0n) is 16.6. The molecule has 0 aromatic heterocycles. The predicted molar refractivity (Wildman–Crippen MR) is 115 cm³/mol. The fourth-order valence-corrected chi connectivity index (χ4v) is 6.17. The monoisotopic (exact) mass is 432 g/mol. The normalized spacial score (nSPS) is 21.1. The van der Waals surface area contributed by atoms with E-state index in [2.05, 4.69) is 43.0 Å². The number of rotatable bonds is 4. The molecule has 29 heavy (non-hydrogen) atoms. The van der Waals surface area contributed by atoms with E-state index in [1.165, 1.54) is 17.7 Å². The van der Waals surface area contributed by atoms with Gasteiger partial charge in [-0.3, -0.25) is 4.79 Å². The van der Waals surface area contributed by atoms with Crippen molar-refractivity contribution in [2.45, 2.75) is 42.4 Å². The number of amides is 1. The molecule has 2 aliphatic rings.